The third kappa shape index (κ3) is 8.21. The summed E-state index contributed by atoms with van der Waals surface area (Å²) in [6, 6.07) is 3.69. The summed E-state index contributed by atoms with van der Waals surface area (Å²) in [7, 11) is -1.54. The Morgan fingerprint density at radius 1 is 1.11 bits per heavy atom. The maximum Gasteiger partial charge on any atom is 0.330 e. The van der Waals surface area contributed by atoms with Crippen molar-refractivity contribution >= 4 is 14.3 Å². The van der Waals surface area contributed by atoms with Crippen molar-refractivity contribution in [2.45, 2.75) is 64.6 Å². The number of esters is 1. The fourth-order valence-electron chi connectivity index (χ4n) is 2.59. The standard InChI is InChI=1S/C15H30O3Si/c1-5-12-19(13-6-2,18-8-4)14-10-9-11-17-15(16)7-3/h7H,3,5-6,8-14H2,1-2,4H3. The van der Waals surface area contributed by atoms with Crippen LogP contribution in [0.15, 0.2) is 12.7 Å². The van der Waals surface area contributed by atoms with Crippen LogP contribution < -0.4 is 0 Å². The van der Waals surface area contributed by atoms with Gasteiger partial charge in [-0.1, -0.05) is 39.7 Å². The Kier molecular flexibility index (Phi) is 10.9. The lowest BCUT2D eigenvalue weighted by Gasteiger charge is -2.30. The maximum absolute atomic E-state index is 10.9. The highest BCUT2D eigenvalue weighted by Gasteiger charge is 2.31. The number of ether oxygens (including phenoxy) is 1. The van der Waals surface area contributed by atoms with Crippen LogP contribution in [0, 0.1) is 0 Å². The number of rotatable bonds is 12. The van der Waals surface area contributed by atoms with Crippen LogP contribution in [-0.4, -0.2) is 27.5 Å². The first-order valence-corrected chi connectivity index (χ1v) is 10.1. The smallest absolute Gasteiger partial charge is 0.330 e. The predicted octanol–water partition coefficient (Wildman–Crippen LogP) is 4.30. The topological polar surface area (TPSA) is 35.5 Å². The second-order valence-corrected chi connectivity index (χ2v) is 9.10. The first-order valence-electron chi connectivity index (χ1n) is 7.57. The fraction of sp³-hybridized carbons (Fsp3) is 0.800. The van der Waals surface area contributed by atoms with E-state index in [0.29, 0.717) is 6.61 Å². The lowest BCUT2D eigenvalue weighted by Crippen LogP contribution is -2.37. The van der Waals surface area contributed by atoms with E-state index >= 15 is 0 Å². The van der Waals surface area contributed by atoms with Gasteiger partial charge in [0.1, 0.15) is 0 Å². The van der Waals surface area contributed by atoms with Crippen LogP contribution in [-0.2, 0) is 14.0 Å². The van der Waals surface area contributed by atoms with Gasteiger partial charge in [-0.2, -0.15) is 0 Å². The average molecular weight is 286 g/mol. The SMILES string of the molecule is C=CC(=O)OCCCC[Si](CCC)(CCC)OCC. The number of carbonyl (C=O) groups excluding carboxylic acids is 1. The van der Waals surface area contributed by atoms with Crippen LogP contribution in [0.25, 0.3) is 0 Å². The van der Waals surface area contributed by atoms with E-state index < -0.39 is 8.32 Å². The molecule has 0 saturated carbocycles. The first-order chi connectivity index (χ1) is 9.14. The van der Waals surface area contributed by atoms with Gasteiger partial charge >= 0.3 is 5.97 Å². The third-order valence-corrected chi connectivity index (χ3v) is 8.29. The van der Waals surface area contributed by atoms with E-state index in [-0.39, 0.29) is 5.97 Å². The van der Waals surface area contributed by atoms with Crippen molar-refractivity contribution in [2.24, 2.45) is 0 Å². The minimum Gasteiger partial charge on any atom is -0.463 e. The van der Waals surface area contributed by atoms with Crippen LogP contribution in [0.4, 0.5) is 0 Å². The van der Waals surface area contributed by atoms with Crippen molar-refractivity contribution in [3.05, 3.63) is 12.7 Å². The molecule has 4 heteroatoms. The molecule has 112 valence electrons. The van der Waals surface area contributed by atoms with E-state index in [0.717, 1.165) is 19.4 Å². The minimum absolute atomic E-state index is 0.324. The lowest BCUT2D eigenvalue weighted by molar-refractivity contribution is -0.137. The van der Waals surface area contributed by atoms with Crippen LogP contribution in [0.1, 0.15) is 46.5 Å². The number of hydrogen-bond acceptors (Lipinski definition) is 3. The quantitative estimate of drug-likeness (QED) is 0.232. The summed E-state index contributed by atoms with van der Waals surface area (Å²) in [6.45, 7) is 11.3. The number of carbonyl (C=O) groups is 1. The zero-order valence-corrected chi connectivity index (χ0v) is 13.9. The summed E-state index contributed by atoms with van der Waals surface area (Å²) in [5.41, 5.74) is 0. The Hall–Kier alpha value is -0.613. The van der Waals surface area contributed by atoms with Crippen molar-refractivity contribution < 1.29 is 14.0 Å². The Labute approximate surface area is 119 Å². The van der Waals surface area contributed by atoms with Crippen molar-refractivity contribution in [1.29, 1.82) is 0 Å². The molecule has 0 radical (unpaired) electrons. The van der Waals surface area contributed by atoms with Gasteiger partial charge in [0.05, 0.1) is 6.61 Å². The highest BCUT2D eigenvalue weighted by atomic mass is 28.4. The van der Waals surface area contributed by atoms with Gasteiger partial charge in [0.25, 0.3) is 0 Å². The van der Waals surface area contributed by atoms with Gasteiger partial charge < -0.3 is 9.16 Å². The summed E-state index contributed by atoms with van der Waals surface area (Å²) in [5.74, 6) is -0.324. The number of unbranched alkanes of at least 4 members (excludes halogenated alkanes) is 1. The highest BCUT2D eigenvalue weighted by Crippen LogP contribution is 2.28. The van der Waals surface area contributed by atoms with Gasteiger partial charge in [0, 0.05) is 12.7 Å². The molecule has 0 unspecified atom stereocenters. The van der Waals surface area contributed by atoms with Gasteiger partial charge in [-0.3, -0.25) is 0 Å². The molecule has 0 atom stereocenters. The Morgan fingerprint density at radius 2 is 1.74 bits per heavy atom. The molecular weight excluding hydrogens is 256 g/mol. The molecule has 0 aliphatic rings. The average Bonchev–Trinajstić information content (AvgIpc) is 2.39. The molecule has 0 fully saturated rings. The summed E-state index contributed by atoms with van der Waals surface area (Å²) < 4.78 is 11.2. The molecule has 19 heavy (non-hydrogen) atoms. The molecule has 0 aliphatic carbocycles. The summed E-state index contributed by atoms with van der Waals surface area (Å²) in [6.07, 6.45) is 5.65. The molecule has 0 bridgehead atoms. The van der Waals surface area contributed by atoms with E-state index in [9.17, 15) is 4.79 Å². The monoisotopic (exact) mass is 286 g/mol. The fourth-order valence-corrected chi connectivity index (χ4v) is 7.10. The van der Waals surface area contributed by atoms with Gasteiger partial charge in [-0.05, 0) is 31.5 Å². The molecule has 0 heterocycles. The van der Waals surface area contributed by atoms with Crippen LogP contribution in [0.3, 0.4) is 0 Å². The Morgan fingerprint density at radius 3 is 2.21 bits per heavy atom. The Bertz CT molecular complexity index is 237. The second kappa shape index (κ2) is 11.2. The number of hydrogen-bond donors (Lipinski definition) is 0. The van der Waals surface area contributed by atoms with Crippen LogP contribution in [0.5, 0.6) is 0 Å². The van der Waals surface area contributed by atoms with E-state index in [1.165, 1.54) is 37.0 Å². The third-order valence-electron chi connectivity index (χ3n) is 3.30. The van der Waals surface area contributed by atoms with Crippen molar-refractivity contribution in [3.8, 4) is 0 Å². The lowest BCUT2D eigenvalue weighted by atomic mass is 10.3. The molecule has 0 aromatic heterocycles. The molecule has 0 aromatic carbocycles. The van der Waals surface area contributed by atoms with Crippen molar-refractivity contribution in [1.82, 2.24) is 0 Å². The van der Waals surface area contributed by atoms with Gasteiger partial charge in [-0.25, -0.2) is 4.79 Å². The molecule has 0 saturated heterocycles. The van der Waals surface area contributed by atoms with E-state index in [1.54, 1.807) is 0 Å². The summed E-state index contributed by atoms with van der Waals surface area (Å²) in [4.78, 5) is 10.9. The van der Waals surface area contributed by atoms with Crippen molar-refractivity contribution in [2.75, 3.05) is 13.2 Å². The molecular formula is C15H30O3Si. The van der Waals surface area contributed by atoms with E-state index in [1.807, 2.05) is 0 Å². The minimum atomic E-state index is -1.54. The maximum atomic E-state index is 10.9. The van der Waals surface area contributed by atoms with Gasteiger partial charge in [0.15, 0.2) is 8.32 Å². The van der Waals surface area contributed by atoms with Crippen molar-refractivity contribution in [3.63, 3.8) is 0 Å². The van der Waals surface area contributed by atoms with Crippen LogP contribution in [0.2, 0.25) is 18.1 Å². The van der Waals surface area contributed by atoms with E-state index in [2.05, 4.69) is 27.4 Å². The molecule has 3 nitrogen and oxygen atoms in total. The molecule has 0 spiro atoms. The first kappa shape index (κ1) is 18.4. The Balaban J connectivity index is 4.09. The second-order valence-electron chi connectivity index (χ2n) is 4.94. The van der Waals surface area contributed by atoms with Gasteiger partial charge in [0.2, 0.25) is 0 Å². The normalized spacial score (nSPS) is 11.3. The summed E-state index contributed by atoms with van der Waals surface area (Å²) >= 11 is 0. The predicted molar refractivity (Wildman–Crippen MR) is 82.8 cm³/mol. The molecule has 0 rings (SSSR count). The summed E-state index contributed by atoms with van der Waals surface area (Å²) in [5, 5.41) is 0. The zero-order chi connectivity index (χ0) is 14.6. The molecule has 0 amide bonds. The van der Waals surface area contributed by atoms with E-state index in [4.69, 9.17) is 9.16 Å². The van der Waals surface area contributed by atoms with Crippen LogP contribution >= 0.6 is 0 Å². The largest absolute Gasteiger partial charge is 0.463 e. The zero-order valence-electron chi connectivity index (χ0n) is 12.9. The highest BCUT2D eigenvalue weighted by molar-refractivity contribution is 6.73. The molecule has 0 aliphatic heterocycles. The molecule has 0 N–H and O–H groups in total. The van der Waals surface area contributed by atoms with Gasteiger partial charge in [-0.15, -0.1) is 0 Å². The molecule has 0 aromatic rings.